The molecule has 32 heavy (non-hydrogen) atoms. The normalized spacial score (nSPS) is 18.0. The Hall–Kier alpha value is -2.57. The van der Waals surface area contributed by atoms with E-state index in [9.17, 15) is 27.2 Å². The van der Waals surface area contributed by atoms with Crippen LogP contribution in [-0.4, -0.2) is 48.2 Å². The smallest absolute Gasteiger partial charge is 0.387 e. The van der Waals surface area contributed by atoms with Gasteiger partial charge in [0, 0.05) is 12.8 Å². The molecular weight excluding hydrogens is 497 g/mol. The second kappa shape index (κ2) is 8.09. The summed E-state index contributed by atoms with van der Waals surface area (Å²) >= 11 is 12.0. The average molecular weight is 511 g/mol. The first-order chi connectivity index (χ1) is 15.0. The van der Waals surface area contributed by atoms with Crippen LogP contribution in [0.15, 0.2) is 29.5 Å². The highest BCUT2D eigenvalue weighted by molar-refractivity contribution is 7.91. The van der Waals surface area contributed by atoms with Crippen LogP contribution in [0.2, 0.25) is 10.0 Å². The van der Waals surface area contributed by atoms with Gasteiger partial charge in [0.25, 0.3) is 11.7 Å². The molecule has 172 valence electrons. The predicted octanol–water partition coefficient (Wildman–Crippen LogP) is 3.05. The maximum absolute atomic E-state index is 12.9. The molecule has 1 saturated heterocycles. The van der Waals surface area contributed by atoms with Gasteiger partial charge in [-0.1, -0.05) is 23.2 Å². The van der Waals surface area contributed by atoms with Gasteiger partial charge in [0.1, 0.15) is 5.36 Å². The first-order valence-corrected chi connectivity index (χ1v) is 11.6. The number of halogens is 4. The van der Waals surface area contributed by atoms with E-state index in [-0.39, 0.29) is 62.6 Å². The molecule has 0 radical (unpaired) electrons. The topological polar surface area (TPSA) is 116 Å². The number of nitrogens with zero attached hydrogens (tertiary/aromatic N) is 2. The number of rotatable bonds is 3. The number of hydrogen-bond acceptors (Lipinski definition) is 7. The third-order valence-corrected chi connectivity index (χ3v) is 7.05. The summed E-state index contributed by atoms with van der Waals surface area (Å²) in [5.41, 5.74) is -0.167. The van der Waals surface area contributed by atoms with Gasteiger partial charge in [0.2, 0.25) is 5.75 Å². The van der Waals surface area contributed by atoms with Crippen LogP contribution in [0.4, 0.5) is 8.78 Å². The van der Waals surface area contributed by atoms with Crippen molar-refractivity contribution < 1.29 is 41.4 Å². The Bertz CT molecular complexity index is 1240. The highest BCUT2D eigenvalue weighted by atomic mass is 35.5. The number of benzene rings is 1. The molecule has 1 aromatic heterocycles. The monoisotopic (exact) mass is 510 g/mol. The molecular formula is C18H14Cl2F2N2O7S. The maximum Gasteiger partial charge on any atom is 0.387 e. The zero-order valence-corrected chi connectivity index (χ0v) is 18.3. The van der Waals surface area contributed by atoms with Crippen molar-refractivity contribution in [2.75, 3.05) is 11.5 Å². The van der Waals surface area contributed by atoms with Crippen LogP contribution in [0.3, 0.4) is 0 Å². The van der Waals surface area contributed by atoms with Crippen molar-refractivity contribution in [3.8, 4) is 17.2 Å². The van der Waals surface area contributed by atoms with Crippen LogP contribution < -0.4 is 19.6 Å². The molecule has 0 saturated carbocycles. The predicted molar refractivity (Wildman–Crippen MR) is 106 cm³/mol. The standard InChI is InChI=1S/C18H14Cl2F2N2O7S/c19-10-7-24(26)8-11(20)13(10)23-16(25)9-1-2-12(29-17(21)22)15-14(9)30-18(31-15)3-5-32(27,28)6-4-18/h1-2,7-8,17,26H,3-6H2. The Morgan fingerprint density at radius 2 is 1.75 bits per heavy atom. The number of carbonyl (C=O) groups is 1. The number of pyridine rings is 1. The van der Waals surface area contributed by atoms with Crippen molar-refractivity contribution in [2.24, 2.45) is 4.99 Å². The highest BCUT2D eigenvalue weighted by Gasteiger charge is 2.48. The summed E-state index contributed by atoms with van der Waals surface area (Å²) in [6.45, 7) is -3.18. The second-order valence-corrected chi connectivity index (χ2v) is 10.1. The minimum absolute atomic E-state index is 0.0737. The summed E-state index contributed by atoms with van der Waals surface area (Å²) in [7, 11) is -3.29. The molecule has 1 aromatic carbocycles. The van der Waals surface area contributed by atoms with Gasteiger partial charge in [0.05, 0.1) is 39.5 Å². The van der Waals surface area contributed by atoms with Gasteiger partial charge >= 0.3 is 6.61 Å². The number of amides is 1. The van der Waals surface area contributed by atoms with Crippen molar-refractivity contribution >= 4 is 38.9 Å². The van der Waals surface area contributed by atoms with E-state index < -0.39 is 28.1 Å². The molecule has 0 unspecified atom stereocenters. The van der Waals surface area contributed by atoms with Crippen molar-refractivity contribution in [3.63, 3.8) is 0 Å². The van der Waals surface area contributed by atoms with Crippen molar-refractivity contribution in [2.45, 2.75) is 25.2 Å². The van der Waals surface area contributed by atoms with Gasteiger partial charge in [-0.25, -0.2) is 13.4 Å². The van der Waals surface area contributed by atoms with Gasteiger partial charge in [-0.15, -0.1) is 0 Å². The van der Waals surface area contributed by atoms with Gasteiger partial charge < -0.3 is 19.4 Å². The maximum atomic E-state index is 12.9. The number of sulfone groups is 1. The van der Waals surface area contributed by atoms with E-state index in [2.05, 4.69) is 9.73 Å². The largest absolute Gasteiger partial charge is 0.447 e. The fourth-order valence-electron chi connectivity index (χ4n) is 3.32. The Kier molecular flexibility index (Phi) is 5.72. The number of carbonyl (C=O) groups excluding carboxylic acids is 1. The minimum Gasteiger partial charge on any atom is -0.447 e. The molecule has 1 N–H and O–H groups in total. The molecule has 14 heteroatoms. The first-order valence-electron chi connectivity index (χ1n) is 9.04. The van der Waals surface area contributed by atoms with Crippen LogP contribution in [0, 0.1) is 0 Å². The Morgan fingerprint density at radius 3 is 2.34 bits per heavy atom. The minimum atomic E-state index is -3.29. The molecule has 9 nitrogen and oxygen atoms in total. The average Bonchev–Trinajstić information content (AvgIpc) is 3.07. The SMILES string of the molecule is O=C(N=c1c(Cl)cn(O)cc1Cl)c1ccc(OC(F)F)c2c1OC1(CCS(=O)(=O)CC1)O2. The lowest BCUT2D eigenvalue weighted by Crippen LogP contribution is -2.46. The summed E-state index contributed by atoms with van der Waals surface area (Å²) < 4.78 is 65.9. The summed E-state index contributed by atoms with van der Waals surface area (Å²) in [5, 5.41) is 9.05. The molecule has 0 atom stereocenters. The van der Waals surface area contributed by atoms with Crippen LogP contribution >= 0.6 is 23.2 Å². The van der Waals surface area contributed by atoms with E-state index in [0.29, 0.717) is 4.73 Å². The van der Waals surface area contributed by atoms with Crippen LogP contribution in [-0.2, 0) is 9.84 Å². The number of hydrogen-bond donors (Lipinski definition) is 1. The number of aromatic nitrogens is 1. The molecule has 0 aliphatic carbocycles. The van der Waals surface area contributed by atoms with E-state index >= 15 is 0 Å². The van der Waals surface area contributed by atoms with Crippen LogP contribution in [0.1, 0.15) is 23.2 Å². The molecule has 2 aliphatic rings. The lowest BCUT2D eigenvalue weighted by molar-refractivity contribution is -0.0903. The summed E-state index contributed by atoms with van der Waals surface area (Å²) in [5.74, 6) is -3.68. The van der Waals surface area contributed by atoms with Crippen molar-refractivity contribution in [3.05, 3.63) is 45.5 Å². The molecule has 2 aliphatic heterocycles. The van der Waals surface area contributed by atoms with Crippen LogP contribution in [0.25, 0.3) is 0 Å². The molecule has 0 bridgehead atoms. The lowest BCUT2D eigenvalue weighted by Gasteiger charge is -2.31. The quantitative estimate of drug-likeness (QED) is 0.630. The summed E-state index contributed by atoms with van der Waals surface area (Å²) in [4.78, 5) is 16.7. The van der Waals surface area contributed by atoms with Gasteiger partial charge in [0.15, 0.2) is 21.3 Å². The molecule has 1 fully saturated rings. The van der Waals surface area contributed by atoms with E-state index in [1.165, 1.54) is 0 Å². The van der Waals surface area contributed by atoms with Crippen molar-refractivity contribution in [1.29, 1.82) is 0 Å². The fourth-order valence-corrected chi connectivity index (χ4v) is 5.30. The number of alkyl halides is 2. The van der Waals surface area contributed by atoms with Gasteiger partial charge in [-0.05, 0) is 12.1 Å². The fraction of sp³-hybridized carbons (Fsp3) is 0.333. The number of ether oxygens (including phenoxy) is 3. The molecule has 1 amide bonds. The van der Waals surface area contributed by atoms with E-state index in [1.807, 2.05) is 0 Å². The van der Waals surface area contributed by atoms with Crippen molar-refractivity contribution in [1.82, 2.24) is 4.73 Å². The Morgan fingerprint density at radius 1 is 1.16 bits per heavy atom. The Labute approximate surface area is 189 Å². The third kappa shape index (κ3) is 4.34. The summed E-state index contributed by atoms with van der Waals surface area (Å²) in [6.07, 6.45) is 1.97. The van der Waals surface area contributed by atoms with Crippen LogP contribution in [0.5, 0.6) is 17.2 Å². The summed E-state index contributed by atoms with van der Waals surface area (Å²) in [6, 6.07) is 2.24. The zero-order valence-electron chi connectivity index (χ0n) is 15.9. The van der Waals surface area contributed by atoms with E-state index in [4.69, 9.17) is 32.7 Å². The highest BCUT2D eigenvalue weighted by Crippen LogP contribution is 2.51. The first kappa shape index (κ1) is 22.6. The second-order valence-electron chi connectivity index (χ2n) is 7.01. The zero-order chi connectivity index (χ0) is 23.3. The molecule has 1 spiro atoms. The molecule has 4 rings (SSSR count). The lowest BCUT2D eigenvalue weighted by atomic mass is 10.1. The molecule has 3 heterocycles. The molecule has 2 aromatic rings. The number of fused-ring (bicyclic) bond motifs is 1. The Balaban J connectivity index is 1.77. The van der Waals surface area contributed by atoms with E-state index in [1.54, 1.807) is 0 Å². The van der Waals surface area contributed by atoms with Gasteiger partial charge in [-0.2, -0.15) is 13.5 Å². The van der Waals surface area contributed by atoms with E-state index in [0.717, 1.165) is 24.5 Å². The third-order valence-electron chi connectivity index (χ3n) is 4.84. The van der Waals surface area contributed by atoms with Gasteiger partial charge in [-0.3, -0.25) is 4.79 Å².